The van der Waals surface area contributed by atoms with Crippen molar-refractivity contribution in [3.05, 3.63) is 42.1 Å². The van der Waals surface area contributed by atoms with E-state index in [9.17, 15) is 4.79 Å². The van der Waals surface area contributed by atoms with Gasteiger partial charge in [0.2, 0.25) is 0 Å². The number of hydrogen-bond acceptors (Lipinski definition) is 4. The molecule has 6 nitrogen and oxygen atoms in total. The van der Waals surface area contributed by atoms with Gasteiger partial charge in [-0.3, -0.25) is 4.79 Å². The number of carbonyl (C=O) groups is 1. The topological polar surface area (TPSA) is 79.9 Å². The van der Waals surface area contributed by atoms with E-state index in [0.29, 0.717) is 17.1 Å². The van der Waals surface area contributed by atoms with Crippen molar-refractivity contribution in [3.8, 4) is 11.8 Å². The first-order valence-electron chi connectivity index (χ1n) is 7.17. The van der Waals surface area contributed by atoms with Gasteiger partial charge in [-0.1, -0.05) is 13.3 Å². The minimum atomic E-state index is -0.248. The molecule has 0 aliphatic carbocycles. The summed E-state index contributed by atoms with van der Waals surface area (Å²) in [5.74, 6) is 0.970. The second kappa shape index (κ2) is 7.84. The van der Waals surface area contributed by atoms with Crippen LogP contribution in [0.3, 0.4) is 0 Å². The second-order valence-corrected chi connectivity index (χ2v) is 4.77. The van der Waals surface area contributed by atoms with Crippen LogP contribution in [0.25, 0.3) is 0 Å². The minimum absolute atomic E-state index is 0.0924. The largest absolute Gasteiger partial charge is 0.484 e. The van der Waals surface area contributed by atoms with Gasteiger partial charge in [0.15, 0.2) is 6.61 Å². The Hall–Kier alpha value is -2.81. The Morgan fingerprint density at radius 2 is 2.14 bits per heavy atom. The number of ether oxygens (including phenoxy) is 1. The lowest BCUT2D eigenvalue weighted by molar-refractivity contribution is -0.118. The highest BCUT2D eigenvalue weighted by Crippen LogP contribution is 2.12. The Bertz CT molecular complexity index is 656. The van der Waals surface area contributed by atoms with Gasteiger partial charge in [-0.2, -0.15) is 10.4 Å². The maximum absolute atomic E-state index is 11.9. The molecule has 1 aromatic heterocycles. The van der Waals surface area contributed by atoms with Crippen LogP contribution in [0.1, 0.15) is 25.3 Å². The number of anilines is 1. The van der Waals surface area contributed by atoms with E-state index in [-0.39, 0.29) is 12.5 Å². The molecule has 0 radical (unpaired) electrons. The Balaban J connectivity index is 1.85. The summed E-state index contributed by atoms with van der Waals surface area (Å²) >= 11 is 0. The van der Waals surface area contributed by atoms with E-state index in [4.69, 9.17) is 10.00 Å². The summed E-state index contributed by atoms with van der Waals surface area (Å²) in [5.41, 5.74) is 0.552. The van der Waals surface area contributed by atoms with Crippen molar-refractivity contribution in [3.63, 3.8) is 0 Å². The fraction of sp³-hybridized carbons (Fsp3) is 0.312. The number of carbonyl (C=O) groups excluding carboxylic acids is 1. The fourth-order valence-corrected chi connectivity index (χ4v) is 1.88. The average molecular weight is 298 g/mol. The molecule has 0 spiro atoms. The van der Waals surface area contributed by atoms with Gasteiger partial charge in [0.05, 0.1) is 17.8 Å². The van der Waals surface area contributed by atoms with Gasteiger partial charge in [-0.25, -0.2) is 4.68 Å². The third kappa shape index (κ3) is 4.35. The third-order valence-corrected chi connectivity index (χ3v) is 3.06. The molecule has 0 fully saturated rings. The summed E-state index contributed by atoms with van der Waals surface area (Å²) in [6.07, 6.45) is 3.73. The molecule has 22 heavy (non-hydrogen) atoms. The van der Waals surface area contributed by atoms with Gasteiger partial charge in [0, 0.05) is 12.6 Å². The van der Waals surface area contributed by atoms with E-state index in [1.807, 2.05) is 6.07 Å². The van der Waals surface area contributed by atoms with Crippen molar-refractivity contribution >= 4 is 11.7 Å². The molecule has 0 aliphatic heterocycles. The lowest BCUT2D eigenvalue weighted by atomic mass is 10.2. The zero-order valence-corrected chi connectivity index (χ0v) is 12.5. The number of rotatable bonds is 7. The van der Waals surface area contributed by atoms with E-state index in [1.54, 1.807) is 41.2 Å². The Morgan fingerprint density at radius 1 is 1.36 bits per heavy atom. The van der Waals surface area contributed by atoms with Crippen LogP contribution in [0, 0.1) is 11.3 Å². The van der Waals surface area contributed by atoms with Crippen LogP contribution in [0.15, 0.2) is 36.5 Å². The van der Waals surface area contributed by atoms with Crippen LogP contribution in [0.2, 0.25) is 0 Å². The van der Waals surface area contributed by atoms with Gasteiger partial charge in [-0.15, -0.1) is 0 Å². The van der Waals surface area contributed by atoms with Crippen molar-refractivity contribution < 1.29 is 9.53 Å². The molecule has 6 heteroatoms. The minimum Gasteiger partial charge on any atom is -0.484 e. The molecule has 1 amide bonds. The first kappa shape index (κ1) is 15.6. The molecule has 2 aromatic rings. The van der Waals surface area contributed by atoms with Gasteiger partial charge < -0.3 is 10.1 Å². The summed E-state index contributed by atoms with van der Waals surface area (Å²) in [5, 5.41) is 15.7. The number of nitrogens with one attached hydrogen (secondary N) is 1. The number of nitriles is 1. The van der Waals surface area contributed by atoms with Gasteiger partial charge >= 0.3 is 0 Å². The number of aromatic nitrogens is 2. The SMILES string of the molecule is CCCCn1nccc1NC(=O)COc1ccc(C#N)cc1. The summed E-state index contributed by atoms with van der Waals surface area (Å²) in [6.45, 7) is 2.79. The van der Waals surface area contributed by atoms with Crippen LogP contribution in [0.4, 0.5) is 5.82 Å². The average Bonchev–Trinajstić information content (AvgIpc) is 2.98. The van der Waals surface area contributed by atoms with E-state index < -0.39 is 0 Å². The molecule has 1 N–H and O–H groups in total. The molecule has 0 saturated heterocycles. The Morgan fingerprint density at radius 3 is 2.82 bits per heavy atom. The van der Waals surface area contributed by atoms with Crippen LogP contribution in [-0.2, 0) is 11.3 Å². The van der Waals surface area contributed by atoms with E-state index in [1.165, 1.54) is 0 Å². The molecular formula is C16H18N4O2. The molecule has 0 aliphatic rings. The van der Waals surface area contributed by atoms with Crippen LogP contribution in [-0.4, -0.2) is 22.3 Å². The van der Waals surface area contributed by atoms with Crippen molar-refractivity contribution in [2.45, 2.75) is 26.3 Å². The number of aryl methyl sites for hydroxylation is 1. The Kier molecular flexibility index (Phi) is 5.55. The highest BCUT2D eigenvalue weighted by atomic mass is 16.5. The van der Waals surface area contributed by atoms with E-state index in [0.717, 1.165) is 19.4 Å². The monoisotopic (exact) mass is 298 g/mol. The Labute approximate surface area is 129 Å². The first-order valence-corrected chi connectivity index (χ1v) is 7.17. The molecular weight excluding hydrogens is 280 g/mol. The number of hydrogen-bond donors (Lipinski definition) is 1. The molecule has 1 heterocycles. The number of nitrogens with zero attached hydrogens (tertiary/aromatic N) is 3. The van der Waals surface area contributed by atoms with Crippen molar-refractivity contribution in [1.82, 2.24) is 9.78 Å². The van der Waals surface area contributed by atoms with Gasteiger partial charge in [0.25, 0.3) is 5.91 Å². The zero-order chi connectivity index (χ0) is 15.8. The van der Waals surface area contributed by atoms with Crippen molar-refractivity contribution in [2.75, 3.05) is 11.9 Å². The predicted octanol–water partition coefficient (Wildman–Crippen LogP) is 2.57. The standard InChI is InChI=1S/C16H18N4O2/c1-2-3-10-20-15(8-9-18-20)19-16(21)12-22-14-6-4-13(11-17)5-7-14/h4-9H,2-3,10,12H2,1H3,(H,19,21). The molecule has 0 bridgehead atoms. The van der Waals surface area contributed by atoms with E-state index >= 15 is 0 Å². The molecule has 1 aromatic carbocycles. The fourth-order valence-electron chi connectivity index (χ4n) is 1.88. The van der Waals surface area contributed by atoms with Crippen molar-refractivity contribution in [1.29, 1.82) is 5.26 Å². The molecule has 0 saturated carbocycles. The summed E-state index contributed by atoms with van der Waals surface area (Å²) in [6, 6.07) is 10.4. The van der Waals surface area contributed by atoms with Crippen LogP contribution >= 0.6 is 0 Å². The van der Waals surface area contributed by atoms with Crippen molar-refractivity contribution in [2.24, 2.45) is 0 Å². The molecule has 0 atom stereocenters. The summed E-state index contributed by atoms with van der Waals surface area (Å²) < 4.78 is 7.15. The zero-order valence-electron chi connectivity index (χ0n) is 12.5. The number of benzene rings is 1. The van der Waals surface area contributed by atoms with Crippen LogP contribution in [0.5, 0.6) is 5.75 Å². The summed E-state index contributed by atoms with van der Waals surface area (Å²) in [4.78, 5) is 11.9. The van der Waals surface area contributed by atoms with Crippen LogP contribution < -0.4 is 10.1 Å². The highest BCUT2D eigenvalue weighted by molar-refractivity contribution is 5.91. The highest BCUT2D eigenvalue weighted by Gasteiger charge is 2.08. The lowest BCUT2D eigenvalue weighted by Crippen LogP contribution is -2.22. The normalized spacial score (nSPS) is 10.0. The molecule has 2 rings (SSSR count). The summed E-state index contributed by atoms with van der Waals surface area (Å²) in [7, 11) is 0. The first-order chi connectivity index (χ1) is 10.7. The smallest absolute Gasteiger partial charge is 0.263 e. The quantitative estimate of drug-likeness (QED) is 0.852. The van der Waals surface area contributed by atoms with E-state index in [2.05, 4.69) is 17.3 Å². The number of amides is 1. The molecule has 114 valence electrons. The molecule has 0 unspecified atom stereocenters. The lowest BCUT2D eigenvalue weighted by Gasteiger charge is -2.09. The maximum Gasteiger partial charge on any atom is 0.263 e. The number of unbranched alkanes of at least 4 members (excludes halogenated alkanes) is 1. The third-order valence-electron chi connectivity index (χ3n) is 3.06. The maximum atomic E-state index is 11.9. The van der Waals surface area contributed by atoms with Gasteiger partial charge in [0.1, 0.15) is 11.6 Å². The van der Waals surface area contributed by atoms with Gasteiger partial charge in [-0.05, 0) is 30.7 Å². The second-order valence-electron chi connectivity index (χ2n) is 4.77. The predicted molar refractivity (Wildman–Crippen MR) is 82.4 cm³/mol.